The van der Waals surface area contributed by atoms with Crippen LogP contribution in [-0.2, 0) is 16.1 Å². The van der Waals surface area contributed by atoms with Crippen molar-refractivity contribution in [2.75, 3.05) is 26.9 Å². The fourth-order valence-electron chi connectivity index (χ4n) is 2.92. The molecule has 2 aromatic rings. The molecule has 3 rings (SSSR count). The first-order valence-corrected chi connectivity index (χ1v) is 7.90. The quantitative estimate of drug-likeness (QED) is 0.868. The minimum Gasteiger partial charge on any atom is -0.496 e. The van der Waals surface area contributed by atoms with E-state index in [1.165, 1.54) is 0 Å². The third-order valence-corrected chi connectivity index (χ3v) is 4.11. The molecule has 2 N–H and O–H groups in total. The van der Waals surface area contributed by atoms with Gasteiger partial charge in [-0.05, 0) is 16.8 Å². The predicted molar refractivity (Wildman–Crippen MR) is 96.8 cm³/mol. The number of carbonyl (C=O) groups is 1. The zero-order valence-electron chi connectivity index (χ0n) is 13.7. The molecule has 1 aliphatic heterocycles. The van der Waals surface area contributed by atoms with E-state index >= 15 is 0 Å². The number of carbonyl (C=O) groups excluding carboxylic acids is 1. The Kier molecular flexibility index (Phi) is 6.85. The van der Waals surface area contributed by atoms with Crippen LogP contribution in [0, 0.1) is 0 Å². The standard InChI is InChI=1S/C18H22N2O3.ClH/c1-22-17-7-6-13-4-2-3-5-15(13)16(17)11-20-18(21)10-14-12-23-9-8-19-14;/h2-7,14,19H,8-12H2,1H3,(H,20,21);1H. The molecule has 0 bridgehead atoms. The van der Waals surface area contributed by atoms with Gasteiger partial charge in [-0.2, -0.15) is 0 Å². The van der Waals surface area contributed by atoms with Crippen LogP contribution in [0.4, 0.5) is 0 Å². The summed E-state index contributed by atoms with van der Waals surface area (Å²) in [4.78, 5) is 12.2. The first kappa shape index (κ1) is 18.5. The molecule has 1 amide bonds. The highest BCUT2D eigenvalue weighted by atomic mass is 35.5. The second kappa shape index (κ2) is 8.87. The van der Waals surface area contributed by atoms with Gasteiger partial charge in [0.05, 0.1) is 20.3 Å². The van der Waals surface area contributed by atoms with E-state index in [1.54, 1.807) is 7.11 Å². The van der Waals surface area contributed by atoms with E-state index in [1.807, 2.05) is 24.3 Å². The number of nitrogens with one attached hydrogen (secondary N) is 2. The molecule has 0 aromatic heterocycles. The van der Waals surface area contributed by atoms with Crippen LogP contribution in [0.25, 0.3) is 10.8 Å². The molecule has 1 aliphatic rings. The third-order valence-electron chi connectivity index (χ3n) is 4.11. The summed E-state index contributed by atoms with van der Waals surface area (Å²) in [6, 6.07) is 12.2. The Morgan fingerprint density at radius 3 is 2.92 bits per heavy atom. The van der Waals surface area contributed by atoms with E-state index in [9.17, 15) is 4.79 Å². The first-order chi connectivity index (χ1) is 11.3. The van der Waals surface area contributed by atoms with Crippen molar-refractivity contribution in [3.8, 4) is 5.75 Å². The second-order valence-corrected chi connectivity index (χ2v) is 5.67. The number of hydrogen-bond acceptors (Lipinski definition) is 4. The first-order valence-electron chi connectivity index (χ1n) is 7.90. The van der Waals surface area contributed by atoms with E-state index in [-0.39, 0.29) is 24.4 Å². The Morgan fingerprint density at radius 1 is 1.33 bits per heavy atom. The zero-order valence-corrected chi connectivity index (χ0v) is 14.5. The fraction of sp³-hybridized carbons (Fsp3) is 0.389. The highest BCUT2D eigenvalue weighted by molar-refractivity contribution is 5.88. The van der Waals surface area contributed by atoms with Crippen LogP contribution in [0.15, 0.2) is 36.4 Å². The van der Waals surface area contributed by atoms with E-state index in [0.717, 1.165) is 28.6 Å². The summed E-state index contributed by atoms with van der Waals surface area (Å²) in [7, 11) is 1.65. The largest absolute Gasteiger partial charge is 0.496 e. The molecule has 1 atom stereocenters. The van der Waals surface area contributed by atoms with Crippen LogP contribution in [0.2, 0.25) is 0 Å². The Labute approximate surface area is 148 Å². The van der Waals surface area contributed by atoms with Crippen molar-refractivity contribution in [2.45, 2.75) is 19.0 Å². The minimum absolute atomic E-state index is 0. The lowest BCUT2D eigenvalue weighted by Crippen LogP contribution is -2.44. The summed E-state index contributed by atoms with van der Waals surface area (Å²) in [5.74, 6) is 0.811. The Morgan fingerprint density at radius 2 is 2.17 bits per heavy atom. The smallest absolute Gasteiger partial charge is 0.221 e. The van der Waals surface area contributed by atoms with Crippen LogP contribution in [-0.4, -0.2) is 38.8 Å². The summed E-state index contributed by atoms with van der Waals surface area (Å²) >= 11 is 0. The van der Waals surface area contributed by atoms with Gasteiger partial charge in [0.1, 0.15) is 5.75 Å². The number of halogens is 1. The molecule has 2 aromatic carbocycles. The molecule has 5 nitrogen and oxygen atoms in total. The van der Waals surface area contributed by atoms with E-state index in [2.05, 4.69) is 22.8 Å². The number of fused-ring (bicyclic) bond motifs is 1. The topological polar surface area (TPSA) is 59.6 Å². The van der Waals surface area contributed by atoms with Crippen molar-refractivity contribution in [2.24, 2.45) is 0 Å². The van der Waals surface area contributed by atoms with Gasteiger partial charge in [-0.15, -0.1) is 12.4 Å². The number of benzene rings is 2. The third kappa shape index (κ3) is 4.38. The minimum atomic E-state index is 0. The highest BCUT2D eigenvalue weighted by Crippen LogP contribution is 2.27. The fourth-order valence-corrected chi connectivity index (χ4v) is 2.92. The van der Waals surface area contributed by atoms with E-state index in [4.69, 9.17) is 9.47 Å². The SMILES string of the molecule is COc1ccc2ccccc2c1CNC(=O)CC1COCCN1.Cl. The van der Waals surface area contributed by atoms with Crippen LogP contribution in [0.5, 0.6) is 5.75 Å². The molecule has 0 radical (unpaired) electrons. The van der Waals surface area contributed by atoms with Gasteiger partial charge in [0.15, 0.2) is 0 Å². The van der Waals surface area contributed by atoms with E-state index in [0.29, 0.717) is 26.2 Å². The molecule has 0 aliphatic carbocycles. The molecule has 1 heterocycles. The van der Waals surface area contributed by atoms with Crippen molar-refractivity contribution in [3.63, 3.8) is 0 Å². The summed E-state index contributed by atoms with van der Waals surface area (Å²) < 4.78 is 10.8. The number of ether oxygens (including phenoxy) is 2. The number of rotatable bonds is 5. The maximum Gasteiger partial charge on any atom is 0.221 e. The van der Waals surface area contributed by atoms with E-state index < -0.39 is 0 Å². The predicted octanol–water partition coefficient (Wildman–Crippen LogP) is 2.26. The molecule has 24 heavy (non-hydrogen) atoms. The number of amides is 1. The monoisotopic (exact) mass is 350 g/mol. The Hall–Kier alpha value is -1.82. The van der Waals surface area contributed by atoms with Crippen LogP contribution < -0.4 is 15.4 Å². The van der Waals surface area contributed by atoms with Crippen LogP contribution in [0.3, 0.4) is 0 Å². The maximum absolute atomic E-state index is 12.2. The summed E-state index contributed by atoms with van der Waals surface area (Å²) in [5.41, 5.74) is 1.01. The normalized spacial score (nSPS) is 17.1. The van der Waals surface area contributed by atoms with Crippen molar-refractivity contribution < 1.29 is 14.3 Å². The second-order valence-electron chi connectivity index (χ2n) is 5.67. The van der Waals surface area contributed by atoms with Crippen molar-refractivity contribution in [1.29, 1.82) is 0 Å². The molecule has 1 saturated heterocycles. The average molecular weight is 351 g/mol. The Balaban J connectivity index is 0.00000208. The van der Waals surface area contributed by atoms with Gasteiger partial charge in [-0.25, -0.2) is 0 Å². The van der Waals surface area contributed by atoms with Gasteiger partial charge in [0.2, 0.25) is 5.91 Å². The lowest BCUT2D eigenvalue weighted by molar-refractivity contribution is -0.122. The lowest BCUT2D eigenvalue weighted by Gasteiger charge is -2.23. The average Bonchev–Trinajstić information content (AvgIpc) is 2.60. The maximum atomic E-state index is 12.2. The van der Waals surface area contributed by atoms with Gasteiger partial charge >= 0.3 is 0 Å². The summed E-state index contributed by atoms with van der Waals surface area (Å²) in [6.45, 7) is 2.56. The van der Waals surface area contributed by atoms with Crippen molar-refractivity contribution >= 4 is 29.1 Å². The molecular weight excluding hydrogens is 328 g/mol. The molecular formula is C18H23ClN2O3. The van der Waals surface area contributed by atoms with Crippen molar-refractivity contribution in [3.05, 3.63) is 42.0 Å². The van der Waals surface area contributed by atoms with Gasteiger partial charge in [-0.1, -0.05) is 30.3 Å². The summed E-state index contributed by atoms with van der Waals surface area (Å²) in [5, 5.41) is 8.53. The van der Waals surface area contributed by atoms with Gasteiger partial charge in [0.25, 0.3) is 0 Å². The number of morpholine rings is 1. The van der Waals surface area contributed by atoms with Gasteiger partial charge < -0.3 is 20.1 Å². The molecule has 1 unspecified atom stereocenters. The molecule has 1 fully saturated rings. The van der Waals surface area contributed by atoms with Crippen LogP contribution >= 0.6 is 12.4 Å². The highest BCUT2D eigenvalue weighted by Gasteiger charge is 2.17. The zero-order chi connectivity index (χ0) is 16.1. The van der Waals surface area contributed by atoms with Gasteiger partial charge in [-0.3, -0.25) is 4.79 Å². The molecule has 0 spiro atoms. The van der Waals surface area contributed by atoms with Crippen LogP contribution in [0.1, 0.15) is 12.0 Å². The number of methoxy groups -OCH3 is 1. The number of hydrogen-bond donors (Lipinski definition) is 2. The van der Waals surface area contributed by atoms with Crippen molar-refractivity contribution in [1.82, 2.24) is 10.6 Å². The molecule has 6 heteroatoms. The lowest BCUT2D eigenvalue weighted by atomic mass is 10.0. The summed E-state index contributed by atoms with van der Waals surface area (Å²) in [6.07, 6.45) is 0.424. The molecule has 130 valence electrons. The molecule has 0 saturated carbocycles. The Bertz CT molecular complexity index is 687. The van der Waals surface area contributed by atoms with Gasteiger partial charge in [0, 0.05) is 31.1 Å².